The van der Waals surface area contributed by atoms with E-state index >= 15 is 0 Å². The lowest BCUT2D eigenvalue weighted by atomic mass is 10.4. The Morgan fingerprint density at radius 2 is 2.40 bits per heavy atom. The van der Waals surface area contributed by atoms with Gasteiger partial charge in [-0.05, 0) is 26.0 Å². The summed E-state index contributed by atoms with van der Waals surface area (Å²) in [5.41, 5.74) is 0.732. The lowest BCUT2D eigenvalue weighted by Crippen LogP contribution is -2.28. The van der Waals surface area contributed by atoms with Gasteiger partial charge in [-0.2, -0.15) is 10.2 Å². The molecule has 0 radical (unpaired) electrons. The molecule has 15 heavy (non-hydrogen) atoms. The summed E-state index contributed by atoms with van der Waals surface area (Å²) >= 11 is 0. The van der Waals surface area contributed by atoms with Gasteiger partial charge >= 0.3 is 0 Å². The van der Waals surface area contributed by atoms with E-state index in [1.165, 1.54) is 0 Å². The molecule has 1 heterocycles. The molecule has 0 fully saturated rings. The van der Waals surface area contributed by atoms with Crippen LogP contribution in [0.5, 0.6) is 0 Å². The maximum absolute atomic E-state index is 11.2. The number of amides is 1. The van der Waals surface area contributed by atoms with E-state index in [9.17, 15) is 4.79 Å². The van der Waals surface area contributed by atoms with Crippen LogP contribution in [0.25, 0.3) is 0 Å². The maximum atomic E-state index is 11.2. The summed E-state index contributed by atoms with van der Waals surface area (Å²) in [5, 5.41) is 10.2. The van der Waals surface area contributed by atoms with Gasteiger partial charge in [-0.25, -0.2) is 0 Å². The van der Waals surface area contributed by atoms with Crippen molar-refractivity contribution in [2.45, 2.75) is 26.5 Å². The number of nitrogens with zero attached hydrogens (tertiary/aromatic N) is 2. The molecule has 5 heteroatoms. The molecule has 0 aliphatic carbocycles. The molecule has 1 aromatic rings. The summed E-state index contributed by atoms with van der Waals surface area (Å²) in [6.07, 6.45) is 1.65. The Hall–Kier alpha value is -1.49. The number of aromatic nitrogens is 2. The van der Waals surface area contributed by atoms with Crippen molar-refractivity contribution in [2.75, 3.05) is 6.61 Å². The Morgan fingerprint density at radius 3 is 3.00 bits per heavy atom. The minimum Gasteiger partial charge on any atom is -0.369 e. The van der Waals surface area contributed by atoms with Crippen LogP contribution in [0.3, 0.4) is 0 Å². The zero-order valence-electron chi connectivity index (χ0n) is 8.93. The van der Waals surface area contributed by atoms with Gasteiger partial charge in [0, 0.05) is 6.20 Å². The highest BCUT2D eigenvalue weighted by molar-refractivity contribution is 5.77. The summed E-state index contributed by atoms with van der Waals surface area (Å²) < 4.78 is 5.14. The number of hydrogen-bond acceptors (Lipinski definition) is 4. The van der Waals surface area contributed by atoms with E-state index in [0.717, 1.165) is 5.69 Å². The van der Waals surface area contributed by atoms with Crippen molar-refractivity contribution in [3.05, 3.63) is 24.0 Å². The Bertz CT molecular complexity index is 301. The van der Waals surface area contributed by atoms with Crippen molar-refractivity contribution in [3.63, 3.8) is 0 Å². The van der Waals surface area contributed by atoms with Crippen LogP contribution in [0.4, 0.5) is 0 Å². The Balaban J connectivity index is 2.23. The molecule has 5 nitrogen and oxygen atoms in total. The lowest BCUT2D eigenvalue weighted by Gasteiger charge is -2.07. The molecule has 0 saturated carbocycles. The van der Waals surface area contributed by atoms with E-state index in [2.05, 4.69) is 15.5 Å². The first kappa shape index (κ1) is 11.6. The van der Waals surface area contributed by atoms with Crippen molar-refractivity contribution in [1.29, 1.82) is 0 Å². The standard InChI is InChI=1S/C10H15N3O2/c1-8(2)15-7-10(14)11-6-9-4-3-5-12-13-9/h3-5,8H,6-7H2,1-2H3,(H,11,14). The maximum Gasteiger partial charge on any atom is 0.246 e. The topological polar surface area (TPSA) is 64.1 Å². The number of ether oxygens (including phenoxy) is 1. The van der Waals surface area contributed by atoms with Gasteiger partial charge in [0.15, 0.2) is 0 Å². The Labute approximate surface area is 88.9 Å². The van der Waals surface area contributed by atoms with E-state index in [0.29, 0.717) is 6.54 Å². The largest absolute Gasteiger partial charge is 0.369 e. The average molecular weight is 209 g/mol. The zero-order valence-corrected chi connectivity index (χ0v) is 8.93. The molecule has 0 unspecified atom stereocenters. The van der Waals surface area contributed by atoms with E-state index in [4.69, 9.17) is 4.74 Å². The monoisotopic (exact) mass is 209 g/mol. The second-order valence-electron chi connectivity index (χ2n) is 3.35. The number of hydrogen-bond donors (Lipinski definition) is 1. The fourth-order valence-electron chi connectivity index (χ4n) is 0.910. The van der Waals surface area contributed by atoms with E-state index < -0.39 is 0 Å². The van der Waals surface area contributed by atoms with E-state index in [-0.39, 0.29) is 18.6 Å². The van der Waals surface area contributed by atoms with Gasteiger partial charge in [0.25, 0.3) is 0 Å². The molecular formula is C10H15N3O2. The molecule has 0 atom stereocenters. The Kier molecular flexibility index (Phi) is 4.70. The van der Waals surface area contributed by atoms with Gasteiger partial charge in [0.2, 0.25) is 5.91 Å². The summed E-state index contributed by atoms with van der Waals surface area (Å²) in [6, 6.07) is 3.58. The normalized spacial score (nSPS) is 10.3. The molecule has 0 aromatic carbocycles. The Morgan fingerprint density at radius 1 is 1.60 bits per heavy atom. The average Bonchev–Trinajstić information content (AvgIpc) is 2.25. The fraction of sp³-hybridized carbons (Fsp3) is 0.500. The summed E-state index contributed by atoms with van der Waals surface area (Å²) in [6.45, 7) is 4.23. The minimum atomic E-state index is -0.144. The minimum absolute atomic E-state index is 0.0623. The van der Waals surface area contributed by atoms with Crippen LogP contribution >= 0.6 is 0 Å². The van der Waals surface area contributed by atoms with Crippen LogP contribution in [0.2, 0.25) is 0 Å². The molecule has 1 amide bonds. The van der Waals surface area contributed by atoms with Gasteiger partial charge in [-0.3, -0.25) is 4.79 Å². The summed E-state index contributed by atoms with van der Waals surface area (Å²) in [7, 11) is 0. The number of carbonyl (C=O) groups is 1. The van der Waals surface area contributed by atoms with Crippen molar-refractivity contribution < 1.29 is 9.53 Å². The quantitative estimate of drug-likeness (QED) is 0.767. The van der Waals surface area contributed by atoms with Gasteiger partial charge < -0.3 is 10.1 Å². The summed E-state index contributed by atoms with van der Waals surface area (Å²) in [5.74, 6) is -0.144. The second kappa shape index (κ2) is 6.08. The van der Waals surface area contributed by atoms with Crippen molar-refractivity contribution in [2.24, 2.45) is 0 Å². The van der Waals surface area contributed by atoms with Crippen molar-refractivity contribution in [3.8, 4) is 0 Å². The smallest absolute Gasteiger partial charge is 0.246 e. The van der Waals surface area contributed by atoms with Gasteiger partial charge in [0.05, 0.1) is 18.3 Å². The highest BCUT2D eigenvalue weighted by Gasteiger charge is 2.03. The molecule has 1 N–H and O–H groups in total. The molecule has 0 saturated heterocycles. The first-order chi connectivity index (χ1) is 7.18. The van der Waals surface area contributed by atoms with Crippen molar-refractivity contribution in [1.82, 2.24) is 15.5 Å². The molecular weight excluding hydrogens is 194 g/mol. The van der Waals surface area contributed by atoms with Crippen LogP contribution in [-0.2, 0) is 16.1 Å². The molecule has 0 aliphatic rings. The highest BCUT2D eigenvalue weighted by Crippen LogP contribution is 1.90. The number of rotatable bonds is 5. The molecule has 0 aliphatic heterocycles. The van der Waals surface area contributed by atoms with Crippen molar-refractivity contribution >= 4 is 5.91 Å². The SMILES string of the molecule is CC(C)OCC(=O)NCc1cccnn1. The van der Waals surface area contributed by atoms with E-state index in [1.807, 2.05) is 13.8 Å². The van der Waals surface area contributed by atoms with Crippen LogP contribution < -0.4 is 5.32 Å². The fourth-order valence-corrected chi connectivity index (χ4v) is 0.910. The molecule has 0 bridgehead atoms. The highest BCUT2D eigenvalue weighted by atomic mass is 16.5. The second-order valence-corrected chi connectivity index (χ2v) is 3.35. The predicted molar refractivity (Wildman–Crippen MR) is 55.0 cm³/mol. The molecule has 82 valence electrons. The van der Waals surface area contributed by atoms with Crippen LogP contribution in [0.15, 0.2) is 18.3 Å². The van der Waals surface area contributed by atoms with Gasteiger partial charge in [-0.15, -0.1) is 0 Å². The zero-order chi connectivity index (χ0) is 11.1. The first-order valence-corrected chi connectivity index (χ1v) is 4.83. The van der Waals surface area contributed by atoms with E-state index in [1.54, 1.807) is 18.3 Å². The lowest BCUT2D eigenvalue weighted by molar-refractivity contribution is -0.127. The molecule has 0 spiro atoms. The molecule has 1 aromatic heterocycles. The molecule has 1 rings (SSSR count). The predicted octanol–water partition coefficient (Wildman–Crippen LogP) is 0.518. The van der Waals surface area contributed by atoms with Crippen LogP contribution in [-0.4, -0.2) is 28.8 Å². The first-order valence-electron chi connectivity index (χ1n) is 4.83. The third-order valence-electron chi connectivity index (χ3n) is 1.64. The van der Waals surface area contributed by atoms with Gasteiger partial charge in [-0.1, -0.05) is 0 Å². The van der Waals surface area contributed by atoms with Crippen LogP contribution in [0, 0.1) is 0 Å². The third-order valence-corrected chi connectivity index (χ3v) is 1.64. The van der Waals surface area contributed by atoms with Crippen LogP contribution in [0.1, 0.15) is 19.5 Å². The third kappa shape index (κ3) is 5.07. The summed E-state index contributed by atoms with van der Waals surface area (Å²) in [4.78, 5) is 11.2. The number of nitrogens with one attached hydrogen (secondary N) is 1. The number of carbonyl (C=O) groups excluding carboxylic acids is 1. The van der Waals surface area contributed by atoms with Gasteiger partial charge in [0.1, 0.15) is 6.61 Å².